The molecule has 0 aliphatic carbocycles. The van der Waals surface area contributed by atoms with E-state index in [-0.39, 0.29) is 17.5 Å². The first-order valence-corrected chi connectivity index (χ1v) is 7.19. The Labute approximate surface area is 122 Å². The highest BCUT2D eigenvalue weighted by molar-refractivity contribution is 5.96. The molecule has 2 unspecified atom stereocenters. The molecule has 2 heterocycles. The van der Waals surface area contributed by atoms with Gasteiger partial charge in [-0.25, -0.2) is 4.79 Å². The van der Waals surface area contributed by atoms with E-state index in [4.69, 9.17) is 4.42 Å². The van der Waals surface area contributed by atoms with Crippen molar-refractivity contribution >= 4 is 16.9 Å². The first-order valence-electron chi connectivity index (χ1n) is 7.19. The summed E-state index contributed by atoms with van der Waals surface area (Å²) in [5.74, 6) is 0.0257. The molecule has 1 aromatic carbocycles. The molecule has 1 fully saturated rings. The number of benzene rings is 1. The van der Waals surface area contributed by atoms with Crippen LogP contribution in [0.3, 0.4) is 0 Å². The van der Waals surface area contributed by atoms with Crippen LogP contribution in [0.15, 0.2) is 39.5 Å². The summed E-state index contributed by atoms with van der Waals surface area (Å²) < 4.78 is 5.20. The largest absolute Gasteiger partial charge is 0.422 e. The Kier molecular flexibility index (Phi) is 3.75. The number of piperidine rings is 1. The average molecular weight is 286 g/mol. The van der Waals surface area contributed by atoms with E-state index in [1.165, 1.54) is 0 Å². The molecule has 5 nitrogen and oxygen atoms in total. The minimum absolute atomic E-state index is 0.0390. The van der Waals surface area contributed by atoms with E-state index in [1.807, 2.05) is 12.1 Å². The van der Waals surface area contributed by atoms with E-state index in [1.54, 1.807) is 18.2 Å². The van der Waals surface area contributed by atoms with Gasteiger partial charge in [0.1, 0.15) is 11.1 Å². The zero-order valence-electron chi connectivity index (χ0n) is 11.9. The molecule has 0 radical (unpaired) electrons. The Balaban J connectivity index is 1.87. The standard InChI is InChI=1S/C16H18N2O3/c1-10-6-7-17-9-13(10)18-15(19)12-8-11-4-2-3-5-14(11)21-16(12)20/h2-5,8,10,13,17H,6-7,9H2,1H3,(H,18,19). The molecular formula is C16H18N2O3. The molecule has 21 heavy (non-hydrogen) atoms. The Hall–Kier alpha value is -2.14. The maximum atomic E-state index is 12.3. The van der Waals surface area contributed by atoms with Gasteiger partial charge in [-0.2, -0.15) is 0 Å². The van der Waals surface area contributed by atoms with Crippen LogP contribution in [0.25, 0.3) is 11.0 Å². The summed E-state index contributed by atoms with van der Waals surface area (Å²) in [6.45, 7) is 3.80. The summed E-state index contributed by atoms with van der Waals surface area (Å²) in [7, 11) is 0. The predicted octanol–water partition coefficient (Wildman–Crippen LogP) is 1.52. The smallest absolute Gasteiger partial charge is 0.349 e. The van der Waals surface area contributed by atoms with Gasteiger partial charge in [0.25, 0.3) is 5.91 Å². The fourth-order valence-electron chi connectivity index (χ4n) is 2.65. The number of fused-ring (bicyclic) bond motifs is 1. The van der Waals surface area contributed by atoms with Gasteiger partial charge in [-0.05, 0) is 31.0 Å². The molecular weight excluding hydrogens is 268 g/mol. The van der Waals surface area contributed by atoms with Crippen molar-refractivity contribution in [1.82, 2.24) is 10.6 Å². The van der Waals surface area contributed by atoms with Crippen LogP contribution in [0.2, 0.25) is 0 Å². The fourth-order valence-corrected chi connectivity index (χ4v) is 2.65. The van der Waals surface area contributed by atoms with Crippen molar-refractivity contribution in [1.29, 1.82) is 0 Å². The zero-order valence-corrected chi connectivity index (χ0v) is 11.9. The number of rotatable bonds is 2. The van der Waals surface area contributed by atoms with Crippen LogP contribution in [0.1, 0.15) is 23.7 Å². The summed E-state index contributed by atoms with van der Waals surface area (Å²) in [5, 5.41) is 6.93. The first-order chi connectivity index (χ1) is 10.1. The number of carbonyl (C=O) groups is 1. The highest BCUT2D eigenvalue weighted by atomic mass is 16.4. The van der Waals surface area contributed by atoms with E-state index in [0.29, 0.717) is 11.5 Å². The van der Waals surface area contributed by atoms with Crippen LogP contribution in [0.5, 0.6) is 0 Å². The average Bonchev–Trinajstić information content (AvgIpc) is 2.49. The highest BCUT2D eigenvalue weighted by Crippen LogP contribution is 2.14. The van der Waals surface area contributed by atoms with E-state index in [9.17, 15) is 9.59 Å². The van der Waals surface area contributed by atoms with Gasteiger partial charge in [0.2, 0.25) is 0 Å². The second kappa shape index (κ2) is 5.69. The van der Waals surface area contributed by atoms with Gasteiger partial charge in [-0.1, -0.05) is 25.1 Å². The third-order valence-corrected chi connectivity index (χ3v) is 4.03. The maximum Gasteiger partial charge on any atom is 0.349 e. The molecule has 0 spiro atoms. The van der Waals surface area contributed by atoms with Crippen molar-refractivity contribution in [2.45, 2.75) is 19.4 Å². The van der Waals surface area contributed by atoms with Gasteiger partial charge in [0, 0.05) is 18.0 Å². The third kappa shape index (κ3) is 2.83. The molecule has 110 valence electrons. The quantitative estimate of drug-likeness (QED) is 0.821. The molecule has 1 amide bonds. The molecule has 0 bridgehead atoms. The molecule has 2 aromatic rings. The number of nitrogens with one attached hydrogen (secondary N) is 2. The number of hydrogen-bond donors (Lipinski definition) is 2. The minimum atomic E-state index is -0.595. The first kappa shape index (κ1) is 13.8. The molecule has 0 saturated carbocycles. The molecule has 1 aliphatic heterocycles. The van der Waals surface area contributed by atoms with Crippen molar-refractivity contribution in [3.05, 3.63) is 46.3 Å². The SMILES string of the molecule is CC1CCNCC1NC(=O)c1cc2ccccc2oc1=O. The van der Waals surface area contributed by atoms with Gasteiger partial charge < -0.3 is 15.1 Å². The van der Waals surface area contributed by atoms with Crippen LogP contribution in [0.4, 0.5) is 0 Å². The Morgan fingerprint density at radius 1 is 1.38 bits per heavy atom. The van der Waals surface area contributed by atoms with Crippen LogP contribution in [0, 0.1) is 5.92 Å². The second-order valence-electron chi connectivity index (χ2n) is 5.54. The molecule has 5 heteroatoms. The van der Waals surface area contributed by atoms with Gasteiger partial charge in [-0.3, -0.25) is 4.79 Å². The number of hydrogen-bond acceptors (Lipinski definition) is 4. The van der Waals surface area contributed by atoms with Crippen LogP contribution in [-0.2, 0) is 0 Å². The molecule has 1 saturated heterocycles. The monoisotopic (exact) mass is 286 g/mol. The lowest BCUT2D eigenvalue weighted by Gasteiger charge is -2.30. The Morgan fingerprint density at radius 2 is 2.19 bits per heavy atom. The van der Waals surface area contributed by atoms with E-state index in [2.05, 4.69) is 17.6 Å². The van der Waals surface area contributed by atoms with Crippen molar-refractivity contribution in [2.24, 2.45) is 5.92 Å². The van der Waals surface area contributed by atoms with Crippen molar-refractivity contribution in [3.63, 3.8) is 0 Å². The molecule has 3 rings (SSSR count). The van der Waals surface area contributed by atoms with Crippen molar-refractivity contribution in [2.75, 3.05) is 13.1 Å². The molecule has 2 N–H and O–H groups in total. The molecule has 1 aliphatic rings. The Bertz CT molecular complexity index is 723. The van der Waals surface area contributed by atoms with Gasteiger partial charge >= 0.3 is 5.63 Å². The lowest BCUT2D eigenvalue weighted by atomic mass is 9.94. The maximum absolute atomic E-state index is 12.3. The van der Waals surface area contributed by atoms with E-state index >= 15 is 0 Å². The highest BCUT2D eigenvalue weighted by Gasteiger charge is 2.24. The van der Waals surface area contributed by atoms with Crippen LogP contribution < -0.4 is 16.3 Å². The van der Waals surface area contributed by atoms with Gasteiger partial charge in [0.05, 0.1) is 0 Å². The van der Waals surface area contributed by atoms with E-state index in [0.717, 1.165) is 24.9 Å². The Morgan fingerprint density at radius 3 is 3.00 bits per heavy atom. The van der Waals surface area contributed by atoms with Gasteiger partial charge in [0.15, 0.2) is 0 Å². The van der Waals surface area contributed by atoms with Crippen LogP contribution >= 0.6 is 0 Å². The summed E-state index contributed by atoms with van der Waals surface area (Å²) in [5.41, 5.74) is -0.0409. The topological polar surface area (TPSA) is 71.3 Å². The number of carbonyl (C=O) groups excluding carboxylic acids is 1. The molecule has 1 aromatic heterocycles. The van der Waals surface area contributed by atoms with E-state index < -0.39 is 5.63 Å². The number of amides is 1. The minimum Gasteiger partial charge on any atom is -0.422 e. The summed E-state index contributed by atoms with van der Waals surface area (Å²) in [4.78, 5) is 24.3. The summed E-state index contributed by atoms with van der Waals surface area (Å²) >= 11 is 0. The van der Waals surface area contributed by atoms with Crippen molar-refractivity contribution in [3.8, 4) is 0 Å². The third-order valence-electron chi connectivity index (χ3n) is 4.03. The number of para-hydroxylation sites is 1. The summed E-state index contributed by atoms with van der Waals surface area (Å²) in [6, 6.07) is 8.80. The summed E-state index contributed by atoms with van der Waals surface area (Å²) in [6.07, 6.45) is 1.01. The van der Waals surface area contributed by atoms with Crippen LogP contribution in [-0.4, -0.2) is 25.0 Å². The molecule has 2 atom stereocenters. The zero-order chi connectivity index (χ0) is 14.8. The fraction of sp³-hybridized carbons (Fsp3) is 0.375. The lowest BCUT2D eigenvalue weighted by Crippen LogP contribution is -2.50. The van der Waals surface area contributed by atoms with Crippen molar-refractivity contribution < 1.29 is 9.21 Å². The second-order valence-corrected chi connectivity index (χ2v) is 5.54. The normalized spacial score (nSPS) is 22.1. The lowest BCUT2D eigenvalue weighted by molar-refractivity contribution is 0.0911. The predicted molar refractivity (Wildman–Crippen MR) is 80.4 cm³/mol. The van der Waals surface area contributed by atoms with Gasteiger partial charge in [-0.15, -0.1) is 0 Å².